The Bertz CT molecular complexity index is 1120. The van der Waals surface area contributed by atoms with Gasteiger partial charge in [-0.3, -0.25) is 0 Å². The SMILES string of the molecule is O=c1cc(C[NH2+]Cc2cccc(Cl)c2)c2c(ccc3ccccc32)o1. The van der Waals surface area contributed by atoms with Crippen molar-refractivity contribution in [3.8, 4) is 0 Å². The van der Waals surface area contributed by atoms with E-state index in [-0.39, 0.29) is 5.63 Å². The second-order valence-electron chi connectivity index (χ2n) is 6.08. The third-order valence-corrected chi connectivity index (χ3v) is 4.58. The Morgan fingerprint density at radius 3 is 2.68 bits per heavy atom. The van der Waals surface area contributed by atoms with Gasteiger partial charge in [-0.1, -0.05) is 54.1 Å². The van der Waals surface area contributed by atoms with Crippen LogP contribution in [0.15, 0.2) is 75.9 Å². The third-order valence-electron chi connectivity index (χ3n) is 4.35. The first-order valence-corrected chi connectivity index (χ1v) is 8.59. The fraction of sp³-hybridized carbons (Fsp3) is 0.0952. The molecule has 0 atom stereocenters. The van der Waals surface area contributed by atoms with E-state index in [0.717, 1.165) is 38.9 Å². The van der Waals surface area contributed by atoms with E-state index in [1.165, 1.54) is 0 Å². The largest absolute Gasteiger partial charge is 0.423 e. The van der Waals surface area contributed by atoms with Crippen molar-refractivity contribution in [2.45, 2.75) is 13.1 Å². The van der Waals surface area contributed by atoms with Crippen LogP contribution in [0.5, 0.6) is 0 Å². The third kappa shape index (κ3) is 3.29. The summed E-state index contributed by atoms with van der Waals surface area (Å²) in [6.45, 7) is 1.50. The summed E-state index contributed by atoms with van der Waals surface area (Å²) in [5, 5.41) is 6.17. The Balaban J connectivity index is 1.70. The highest BCUT2D eigenvalue weighted by Crippen LogP contribution is 2.26. The second-order valence-corrected chi connectivity index (χ2v) is 6.51. The van der Waals surface area contributed by atoms with E-state index in [0.29, 0.717) is 12.1 Å². The van der Waals surface area contributed by atoms with Gasteiger partial charge < -0.3 is 9.73 Å². The van der Waals surface area contributed by atoms with Gasteiger partial charge in [0.25, 0.3) is 0 Å². The molecular formula is C21H17ClNO2+. The summed E-state index contributed by atoms with van der Waals surface area (Å²) in [5.41, 5.74) is 2.47. The molecule has 1 heterocycles. The van der Waals surface area contributed by atoms with Crippen LogP contribution in [-0.4, -0.2) is 0 Å². The van der Waals surface area contributed by atoms with Crippen LogP contribution in [0.1, 0.15) is 11.1 Å². The van der Waals surface area contributed by atoms with Crippen LogP contribution in [-0.2, 0) is 13.1 Å². The summed E-state index contributed by atoms with van der Waals surface area (Å²) in [6, 6.07) is 21.4. The van der Waals surface area contributed by atoms with E-state index in [4.69, 9.17) is 16.0 Å². The second kappa shape index (κ2) is 6.71. The molecule has 0 aliphatic rings. The summed E-state index contributed by atoms with van der Waals surface area (Å²) < 4.78 is 5.40. The number of fused-ring (bicyclic) bond motifs is 3. The maximum absolute atomic E-state index is 11.9. The Labute approximate surface area is 149 Å². The monoisotopic (exact) mass is 350 g/mol. The van der Waals surface area contributed by atoms with Crippen LogP contribution in [0, 0.1) is 0 Å². The number of hydrogen-bond donors (Lipinski definition) is 1. The molecule has 0 spiro atoms. The van der Waals surface area contributed by atoms with E-state index in [2.05, 4.69) is 23.5 Å². The van der Waals surface area contributed by atoms with Gasteiger partial charge in [-0.25, -0.2) is 4.79 Å². The van der Waals surface area contributed by atoms with E-state index in [9.17, 15) is 4.79 Å². The maximum Gasteiger partial charge on any atom is 0.336 e. The molecule has 0 radical (unpaired) electrons. The van der Waals surface area contributed by atoms with E-state index in [1.54, 1.807) is 6.07 Å². The Morgan fingerprint density at radius 2 is 1.80 bits per heavy atom. The number of nitrogens with two attached hydrogens (primary N) is 1. The fourth-order valence-corrected chi connectivity index (χ4v) is 3.45. The molecule has 0 aliphatic heterocycles. The van der Waals surface area contributed by atoms with Gasteiger partial charge in [0, 0.05) is 27.6 Å². The standard InChI is InChI=1S/C21H16ClNO2/c22-17-6-3-4-14(10-17)12-23-13-16-11-20(24)25-19-9-8-15-5-1-2-7-18(15)21(16)19/h1-11,23H,12-13H2/p+1. The molecule has 0 bridgehead atoms. The Hall–Kier alpha value is -2.62. The minimum Gasteiger partial charge on any atom is -0.423 e. The van der Waals surface area contributed by atoms with Gasteiger partial charge >= 0.3 is 5.63 Å². The van der Waals surface area contributed by atoms with Crippen LogP contribution in [0.25, 0.3) is 21.7 Å². The Morgan fingerprint density at radius 1 is 0.920 bits per heavy atom. The normalized spacial score (nSPS) is 11.2. The van der Waals surface area contributed by atoms with Crippen molar-refractivity contribution in [1.82, 2.24) is 0 Å². The first kappa shape index (κ1) is 15.9. The first-order valence-electron chi connectivity index (χ1n) is 8.21. The van der Waals surface area contributed by atoms with E-state index < -0.39 is 0 Å². The lowest BCUT2D eigenvalue weighted by Crippen LogP contribution is -2.80. The summed E-state index contributed by atoms with van der Waals surface area (Å²) in [5.74, 6) is 0. The molecule has 25 heavy (non-hydrogen) atoms. The maximum atomic E-state index is 11.9. The zero-order chi connectivity index (χ0) is 17.2. The molecule has 0 saturated heterocycles. The van der Waals surface area contributed by atoms with Crippen molar-refractivity contribution in [2.24, 2.45) is 0 Å². The molecule has 0 unspecified atom stereocenters. The van der Waals surface area contributed by atoms with Gasteiger partial charge in [0.05, 0.1) is 0 Å². The Kier molecular flexibility index (Phi) is 4.26. The van der Waals surface area contributed by atoms with Crippen molar-refractivity contribution in [3.63, 3.8) is 0 Å². The minimum atomic E-state index is -0.311. The van der Waals surface area contributed by atoms with Crippen LogP contribution in [0.3, 0.4) is 0 Å². The van der Waals surface area contributed by atoms with Crippen molar-refractivity contribution < 1.29 is 9.73 Å². The molecule has 3 nitrogen and oxygen atoms in total. The van der Waals surface area contributed by atoms with Crippen LogP contribution in [0.2, 0.25) is 5.02 Å². The molecule has 0 saturated carbocycles. The number of rotatable bonds is 4. The highest BCUT2D eigenvalue weighted by molar-refractivity contribution is 6.30. The predicted octanol–water partition coefficient (Wildman–Crippen LogP) is 3.86. The molecular weight excluding hydrogens is 334 g/mol. The number of quaternary nitrogens is 1. The van der Waals surface area contributed by atoms with Crippen LogP contribution < -0.4 is 10.9 Å². The summed E-state index contributed by atoms with van der Waals surface area (Å²) in [4.78, 5) is 11.9. The van der Waals surface area contributed by atoms with E-state index >= 15 is 0 Å². The van der Waals surface area contributed by atoms with Crippen molar-refractivity contribution in [2.75, 3.05) is 0 Å². The molecule has 2 N–H and O–H groups in total. The zero-order valence-electron chi connectivity index (χ0n) is 13.5. The summed E-state index contributed by atoms with van der Waals surface area (Å²) in [6.07, 6.45) is 0. The van der Waals surface area contributed by atoms with Gasteiger partial charge in [-0.2, -0.15) is 0 Å². The van der Waals surface area contributed by atoms with Crippen molar-refractivity contribution >= 4 is 33.3 Å². The quantitative estimate of drug-likeness (QED) is 0.448. The van der Waals surface area contributed by atoms with Gasteiger partial charge in [-0.15, -0.1) is 0 Å². The molecule has 0 aliphatic carbocycles. The summed E-state index contributed by atoms with van der Waals surface area (Å²) >= 11 is 6.04. The van der Waals surface area contributed by atoms with Crippen molar-refractivity contribution in [3.05, 3.63) is 93.3 Å². The zero-order valence-corrected chi connectivity index (χ0v) is 14.3. The number of benzene rings is 3. The van der Waals surface area contributed by atoms with Crippen molar-refractivity contribution in [1.29, 1.82) is 0 Å². The molecule has 3 aromatic carbocycles. The molecule has 0 fully saturated rings. The van der Waals surface area contributed by atoms with E-state index in [1.807, 2.05) is 42.5 Å². The highest BCUT2D eigenvalue weighted by atomic mass is 35.5. The average molecular weight is 351 g/mol. The van der Waals surface area contributed by atoms with Gasteiger partial charge in [-0.05, 0) is 29.0 Å². The van der Waals surface area contributed by atoms with Crippen LogP contribution in [0.4, 0.5) is 0 Å². The van der Waals surface area contributed by atoms with Gasteiger partial charge in [0.1, 0.15) is 18.7 Å². The lowest BCUT2D eigenvalue weighted by atomic mass is 10.0. The van der Waals surface area contributed by atoms with Crippen LogP contribution >= 0.6 is 11.6 Å². The molecule has 0 amide bonds. The minimum absolute atomic E-state index is 0.311. The first-order chi connectivity index (χ1) is 12.2. The smallest absolute Gasteiger partial charge is 0.336 e. The lowest BCUT2D eigenvalue weighted by molar-refractivity contribution is -0.686. The number of halogens is 1. The lowest BCUT2D eigenvalue weighted by Gasteiger charge is -2.08. The highest BCUT2D eigenvalue weighted by Gasteiger charge is 2.11. The van der Waals surface area contributed by atoms with Gasteiger partial charge in [0.2, 0.25) is 0 Å². The number of hydrogen-bond acceptors (Lipinski definition) is 2. The van der Waals surface area contributed by atoms with Gasteiger partial charge in [0.15, 0.2) is 0 Å². The molecule has 4 rings (SSSR count). The topological polar surface area (TPSA) is 46.8 Å². The molecule has 4 aromatic rings. The molecule has 124 valence electrons. The molecule has 1 aromatic heterocycles. The summed E-state index contributed by atoms with van der Waals surface area (Å²) in [7, 11) is 0. The average Bonchev–Trinajstić information content (AvgIpc) is 2.61. The fourth-order valence-electron chi connectivity index (χ4n) is 3.24. The predicted molar refractivity (Wildman–Crippen MR) is 101 cm³/mol. The molecule has 4 heteroatoms.